The van der Waals surface area contributed by atoms with E-state index in [9.17, 15) is 4.79 Å². The molecule has 3 nitrogen and oxygen atoms in total. The van der Waals surface area contributed by atoms with Crippen LogP contribution in [-0.2, 0) is 4.79 Å². The zero-order chi connectivity index (χ0) is 8.10. The van der Waals surface area contributed by atoms with Gasteiger partial charge < -0.3 is 9.84 Å². The molecule has 0 saturated carbocycles. The fraction of sp³-hybridized carbons (Fsp3) is 0.125. The van der Waals surface area contributed by atoms with Gasteiger partial charge in [-0.15, -0.1) is 0 Å². The molecule has 0 aliphatic rings. The van der Waals surface area contributed by atoms with Crippen LogP contribution in [0.3, 0.4) is 0 Å². The van der Waals surface area contributed by atoms with Gasteiger partial charge in [0.05, 0.1) is 0 Å². The van der Waals surface area contributed by atoms with E-state index >= 15 is 0 Å². The van der Waals surface area contributed by atoms with Gasteiger partial charge in [0.2, 0.25) is 0 Å². The Bertz CT molecular complexity index is 235. The number of aliphatic carboxylic acids is 1. The molecule has 4 heteroatoms. The minimum absolute atomic E-state index is 0. The maximum atomic E-state index is 10.0. The number of rotatable bonds is 3. The van der Waals surface area contributed by atoms with Crippen LogP contribution in [0, 0.1) is 0 Å². The zero-order valence-electron chi connectivity index (χ0n) is 6.56. The molecule has 1 aromatic carbocycles. The van der Waals surface area contributed by atoms with E-state index in [4.69, 9.17) is 9.84 Å². The van der Waals surface area contributed by atoms with E-state index in [1.54, 1.807) is 24.3 Å². The minimum atomic E-state index is -0.964. The van der Waals surface area contributed by atoms with Gasteiger partial charge >= 0.3 is 5.97 Å². The molecule has 0 heterocycles. The lowest BCUT2D eigenvalue weighted by atomic mass is 10.3. The molecule has 0 amide bonds. The highest BCUT2D eigenvalue weighted by Gasteiger charge is 1.96. The molecule has 0 atom stereocenters. The lowest BCUT2D eigenvalue weighted by Crippen LogP contribution is -2.09. The van der Waals surface area contributed by atoms with E-state index in [0.29, 0.717) is 5.75 Å². The van der Waals surface area contributed by atoms with Crippen molar-refractivity contribution in [2.24, 2.45) is 0 Å². The molecular weight excluding hydrogens is 168 g/mol. The second kappa shape index (κ2) is 5.85. The van der Waals surface area contributed by atoms with Crippen LogP contribution >= 0.6 is 0 Å². The second-order valence-corrected chi connectivity index (χ2v) is 2.00. The molecule has 0 aliphatic heterocycles. The van der Waals surface area contributed by atoms with Crippen molar-refractivity contribution in [1.29, 1.82) is 0 Å². The molecule has 0 aromatic heterocycles. The largest absolute Gasteiger partial charge is 0.482 e. The van der Waals surface area contributed by atoms with Crippen LogP contribution in [0.4, 0.5) is 0 Å². The number of carbonyl (C=O) groups is 1. The summed E-state index contributed by atoms with van der Waals surface area (Å²) in [4.78, 5) is 10.0. The van der Waals surface area contributed by atoms with Crippen molar-refractivity contribution in [3.8, 4) is 5.75 Å². The molecule has 0 saturated heterocycles. The number of ether oxygens (including phenoxy) is 1. The Balaban J connectivity index is 0.00000121. The van der Waals surface area contributed by atoms with Crippen molar-refractivity contribution in [3.05, 3.63) is 30.3 Å². The summed E-state index contributed by atoms with van der Waals surface area (Å²) in [5, 5.41) is 8.25. The molecule has 60 valence electrons. The second-order valence-electron chi connectivity index (χ2n) is 2.00. The summed E-state index contributed by atoms with van der Waals surface area (Å²) in [6.45, 7) is -0.288. The molecule has 0 bridgehead atoms. The van der Waals surface area contributed by atoms with Gasteiger partial charge in [-0.1, -0.05) is 18.2 Å². The number of carboxylic acids is 1. The third kappa shape index (κ3) is 4.20. The van der Waals surface area contributed by atoms with Crippen molar-refractivity contribution in [3.63, 3.8) is 0 Å². The first kappa shape index (κ1) is 11.3. The molecule has 1 rings (SSSR count). The average molecular weight is 176 g/mol. The maximum Gasteiger partial charge on any atom is 0.341 e. The minimum Gasteiger partial charge on any atom is -0.482 e. The van der Waals surface area contributed by atoms with Crippen LogP contribution in [0.15, 0.2) is 30.3 Å². The molecule has 1 N–H and O–H groups in total. The Hall–Kier alpha value is -0.744. The van der Waals surface area contributed by atoms with Gasteiger partial charge in [-0.25, -0.2) is 4.79 Å². The van der Waals surface area contributed by atoms with Crippen molar-refractivity contribution < 1.29 is 14.6 Å². The Kier molecular flexibility index (Phi) is 5.49. The van der Waals surface area contributed by atoms with E-state index in [1.807, 2.05) is 6.07 Å². The van der Waals surface area contributed by atoms with Crippen molar-refractivity contribution in [2.75, 3.05) is 6.61 Å². The van der Waals surface area contributed by atoms with E-state index in [2.05, 4.69) is 0 Å². The summed E-state index contributed by atoms with van der Waals surface area (Å²) in [7, 11) is 0. The van der Waals surface area contributed by atoms with Crippen LogP contribution in [0.5, 0.6) is 5.75 Å². The van der Waals surface area contributed by atoms with Gasteiger partial charge in [0.25, 0.3) is 0 Å². The van der Waals surface area contributed by atoms with E-state index in [1.165, 1.54) is 0 Å². The number of para-hydroxylation sites is 1. The number of hydrogen-bond acceptors (Lipinski definition) is 2. The highest BCUT2D eigenvalue weighted by Crippen LogP contribution is 2.07. The van der Waals surface area contributed by atoms with Crippen LogP contribution in [0.1, 0.15) is 0 Å². The Morgan fingerprint density at radius 1 is 1.33 bits per heavy atom. The lowest BCUT2D eigenvalue weighted by Gasteiger charge is -2.00. The third-order valence-electron chi connectivity index (χ3n) is 1.11. The topological polar surface area (TPSA) is 46.5 Å². The first-order valence-electron chi connectivity index (χ1n) is 3.18. The van der Waals surface area contributed by atoms with E-state index in [0.717, 1.165) is 0 Å². The van der Waals surface area contributed by atoms with Crippen molar-refractivity contribution in [2.45, 2.75) is 0 Å². The van der Waals surface area contributed by atoms with Gasteiger partial charge in [0.1, 0.15) is 5.75 Å². The summed E-state index contributed by atoms with van der Waals surface area (Å²) < 4.78 is 4.87. The maximum absolute atomic E-state index is 10.0. The van der Waals surface area contributed by atoms with E-state index in [-0.39, 0.29) is 29.7 Å². The monoisotopic (exact) mass is 176 g/mol. The molecule has 12 heavy (non-hydrogen) atoms. The summed E-state index contributed by atoms with van der Waals surface area (Å²) >= 11 is 0. The molecule has 0 fully saturated rings. The average Bonchev–Trinajstić information content (AvgIpc) is 2.03. The number of hydrogen-bond donors (Lipinski definition) is 1. The lowest BCUT2D eigenvalue weighted by molar-refractivity contribution is -0.139. The number of carboxylic acid groups (broad SMARTS) is 1. The van der Waals surface area contributed by atoms with Gasteiger partial charge in [-0.05, 0) is 12.1 Å². The first-order valence-corrected chi connectivity index (χ1v) is 3.18. The summed E-state index contributed by atoms with van der Waals surface area (Å²) in [5.74, 6) is -0.385. The predicted molar refractivity (Wildman–Crippen MR) is 45.3 cm³/mol. The number of benzene rings is 1. The molecule has 0 spiro atoms. The quantitative estimate of drug-likeness (QED) is 0.692. The molecule has 1 aromatic rings. The van der Waals surface area contributed by atoms with Crippen LogP contribution in [0.25, 0.3) is 0 Å². The summed E-state index contributed by atoms with van der Waals surface area (Å²) in [5.41, 5.74) is 0. The van der Waals surface area contributed by atoms with Crippen LogP contribution in [0.2, 0.25) is 0 Å². The highest BCUT2D eigenvalue weighted by molar-refractivity contribution is 5.75. The smallest absolute Gasteiger partial charge is 0.341 e. The molecular formula is C8H8MgO3. The fourth-order valence-electron chi connectivity index (χ4n) is 0.662. The molecule has 2 radical (unpaired) electrons. The summed E-state index contributed by atoms with van der Waals surface area (Å²) in [6, 6.07) is 8.84. The standard InChI is InChI=1S/C8H8O3.Mg/c9-8(10)6-11-7-4-2-1-3-5-7;/h1-5H,6H2,(H,9,10);. The Morgan fingerprint density at radius 2 is 1.92 bits per heavy atom. The Morgan fingerprint density at radius 3 is 2.42 bits per heavy atom. The third-order valence-corrected chi connectivity index (χ3v) is 1.11. The van der Waals surface area contributed by atoms with E-state index < -0.39 is 5.97 Å². The van der Waals surface area contributed by atoms with Gasteiger partial charge in [-0.2, -0.15) is 0 Å². The van der Waals surface area contributed by atoms with Crippen molar-refractivity contribution in [1.82, 2.24) is 0 Å². The summed E-state index contributed by atoms with van der Waals surface area (Å²) in [6.07, 6.45) is 0. The van der Waals surface area contributed by atoms with Crippen LogP contribution in [-0.4, -0.2) is 40.7 Å². The molecule has 0 aliphatic carbocycles. The Labute approximate surface area is 86.5 Å². The SMILES string of the molecule is O=C(O)COc1ccccc1.[Mg]. The van der Waals surface area contributed by atoms with Crippen molar-refractivity contribution >= 4 is 29.0 Å². The van der Waals surface area contributed by atoms with Gasteiger partial charge in [-0.3, -0.25) is 0 Å². The fourth-order valence-corrected chi connectivity index (χ4v) is 0.662. The normalized spacial score (nSPS) is 8.33. The first-order chi connectivity index (χ1) is 5.29. The highest BCUT2D eigenvalue weighted by atomic mass is 24.3. The molecule has 0 unspecified atom stereocenters. The van der Waals surface area contributed by atoms with Crippen LogP contribution < -0.4 is 4.74 Å². The van der Waals surface area contributed by atoms with Gasteiger partial charge in [0.15, 0.2) is 6.61 Å². The zero-order valence-corrected chi connectivity index (χ0v) is 7.98. The predicted octanol–water partition coefficient (Wildman–Crippen LogP) is 0.769. The van der Waals surface area contributed by atoms with Gasteiger partial charge in [0, 0.05) is 23.1 Å².